The van der Waals surface area contributed by atoms with Crippen LogP contribution in [-0.4, -0.2) is 15.0 Å². The van der Waals surface area contributed by atoms with Gasteiger partial charge in [0.25, 0.3) is 0 Å². The van der Waals surface area contributed by atoms with Gasteiger partial charge in [-0.25, -0.2) is 15.0 Å². The second-order valence-electron chi connectivity index (χ2n) is 5.90. The first-order chi connectivity index (χ1) is 12.8. The molecule has 5 heteroatoms. The van der Waals surface area contributed by atoms with Crippen LogP contribution in [0.1, 0.15) is 0 Å². The van der Waals surface area contributed by atoms with E-state index < -0.39 is 0 Å². The van der Waals surface area contributed by atoms with Crippen molar-refractivity contribution < 1.29 is 4.42 Å². The third-order valence-electron chi connectivity index (χ3n) is 4.26. The molecule has 0 saturated carbocycles. The second kappa shape index (κ2) is 5.93. The number of rotatable bonds is 2. The Kier molecular flexibility index (Phi) is 3.43. The zero-order valence-corrected chi connectivity index (χ0v) is 14.3. The van der Waals surface area contributed by atoms with Gasteiger partial charge in [0.15, 0.2) is 5.58 Å². The molecule has 0 amide bonds. The lowest BCUT2D eigenvalue weighted by Gasteiger charge is -2.06. The smallest absolute Gasteiger partial charge is 0.227 e. The molecule has 5 rings (SSSR count). The number of nitrogens with zero attached hydrogens (tertiary/aromatic N) is 3. The molecule has 0 aliphatic carbocycles. The van der Waals surface area contributed by atoms with Crippen molar-refractivity contribution in [2.24, 2.45) is 0 Å². The Morgan fingerprint density at radius 2 is 1.38 bits per heavy atom. The van der Waals surface area contributed by atoms with Crippen molar-refractivity contribution in [2.75, 3.05) is 0 Å². The van der Waals surface area contributed by atoms with E-state index in [-0.39, 0.29) is 5.28 Å². The van der Waals surface area contributed by atoms with Crippen LogP contribution in [0, 0.1) is 0 Å². The van der Waals surface area contributed by atoms with Crippen molar-refractivity contribution in [3.05, 3.63) is 78.1 Å². The van der Waals surface area contributed by atoms with Gasteiger partial charge < -0.3 is 4.42 Å². The van der Waals surface area contributed by atoms with Crippen molar-refractivity contribution in [3.63, 3.8) is 0 Å². The molecule has 2 heterocycles. The predicted octanol–water partition coefficient (Wildman–Crippen LogP) is 5.76. The van der Waals surface area contributed by atoms with E-state index in [4.69, 9.17) is 21.0 Å². The molecular formula is C21H12ClN3O. The van der Waals surface area contributed by atoms with Crippen LogP contribution >= 0.6 is 11.6 Å². The fourth-order valence-electron chi connectivity index (χ4n) is 3.09. The van der Waals surface area contributed by atoms with Crippen molar-refractivity contribution >= 4 is 33.6 Å². The molecule has 2 aromatic heterocycles. The maximum absolute atomic E-state index is 6.16. The maximum atomic E-state index is 6.16. The van der Waals surface area contributed by atoms with E-state index in [1.807, 2.05) is 72.8 Å². The van der Waals surface area contributed by atoms with E-state index in [9.17, 15) is 0 Å². The number of oxazole rings is 1. The molecule has 0 N–H and O–H groups in total. The van der Waals surface area contributed by atoms with Crippen molar-refractivity contribution in [3.8, 4) is 22.7 Å². The summed E-state index contributed by atoms with van der Waals surface area (Å²) in [6, 6.07) is 23.5. The summed E-state index contributed by atoms with van der Waals surface area (Å²) in [4.78, 5) is 13.6. The molecule has 0 saturated heterocycles. The van der Waals surface area contributed by atoms with Gasteiger partial charge in [0.1, 0.15) is 5.52 Å². The summed E-state index contributed by atoms with van der Waals surface area (Å²) in [5.41, 5.74) is 4.80. The molecule has 0 bridgehead atoms. The molecule has 0 unspecified atom stereocenters. The molecule has 4 nitrogen and oxygen atoms in total. The van der Waals surface area contributed by atoms with Crippen LogP contribution in [0.25, 0.3) is 44.7 Å². The highest BCUT2D eigenvalue weighted by atomic mass is 35.5. The fourth-order valence-corrected chi connectivity index (χ4v) is 3.27. The van der Waals surface area contributed by atoms with Gasteiger partial charge in [0, 0.05) is 11.1 Å². The van der Waals surface area contributed by atoms with Gasteiger partial charge in [-0.2, -0.15) is 0 Å². The first-order valence-corrected chi connectivity index (χ1v) is 8.55. The number of fused-ring (bicyclic) bond motifs is 3. The number of benzene rings is 3. The van der Waals surface area contributed by atoms with E-state index in [0.29, 0.717) is 11.5 Å². The Morgan fingerprint density at radius 1 is 0.692 bits per heavy atom. The molecule has 0 spiro atoms. The van der Waals surface area contributed by atoms with Crippen LogP contribution < -0.4 is 0 Å². The van der Waals surface area contributed by atoms with Crippen LogP contribution in [0.15, 0.2) is 77.2 Å². The number of hydrogen-bond acceptors (Lipinski definition) is 4. The normalized spacial score (nSPS) is 11.3. The molecule has 26 heavy (non-hydrogen) atoms. The molecule has 124 valence electrons. The zero-order chi connectivity index (χ0) is 17.5. The summed E-state index contributed by atoms with van der Waals surface area (Å²) in [5, 5.41) is 1.05. The van der Waals surface area contributed by atoms with Crippen molar-refractivity contribution in [1.82, 2.24) is 15.0 Å². The lowest BCUT2D eigenvalue weighted by molar-refractivity contribution is 0.620. The van der Waals surface area contributed by atoms with Crippen LogP contribution in [-0.2, 0) is 0 Å². The van der Waals surface area contributed by atoms with E-state index in [2.05, 4.69) is 9.97 Å². The minimum Gasteiger partial charge on any atom is -0.436 e. The lowest BCUT2D eigenvalue weighted by Crippen LogP contribution is -1.92. The summed E-state index contributed by atoms with van der Waals surface area (Å²) in [5.74, 6) is 0.571. The minimum atomic E-state index is 0.211. The molecule has 5 aromatic rings. The lowest BCUT2D eigenvalue weighted by atomic mass is 10.1. The van der Waals surface area contributed by atoms with E-state index >= 15 is 0 Å². The molecule has 0 radical (unpaired) electrons. The first-order valence-electron chi connectivity index (χ1n) is 8.17. The number of halogens is 1. The second-order valence-corrected chi connectivity index (χ2v) is 6.24. The van der Waals surface area contributed by atoms with E-state index in [0.717, 1.165) is 33.2 Å². The van der Waals surface area contributed by atoms with Gasteiger partial charge in [-0.3, -0.25) is 0 Å². The average molecular weight is 358 g/mol. The Labute approximate surface area is 154 Å². The summed E-state index contributed by atoms with van der Waals surface area (Å²) in [6.07, 6.45) is 0. The average Bonchev–Trinajstić information content (AvgIpc) is 3.13. The monoisotopic (exact) mass is 357 g/mol. The highest BCUT2D eigenvalue weighted by Crippen LogP contribution is 2.34. The zero-order valence-electron chi connectivity index (χ0n) is 13.6. The van der Waals surface area contributed by atoms with Gasteiger partial charge in [-0.05, 0) is 35.9 Å². The van der Waals surface area contributed by atoms with Gasteiger partial charge >= 0.3 is 0 Å². The van der Waals surface area contributed by atoms with Crippen LogP contribution in [0.3, 0.4) is 0 Å². The molecule has 0 fully saturated rings. The third-order valence-corrected chi connectivity index (χ3v) is 4.43. The molecular weight excluding hydrogens is 346 g/mol. The third kappa shape index (κ3) is 2.43. The Balaban J connectivity index is 1.86. The topological polar surface area (TPSA) is 51.8 Å². The van der Waals surface area contributed by atoms with E-state index in [1.54, 1.807) is 0 Å². The molecule has 0 atom stereocenters. The Bertz CT molecular complexity index is 1230. The first kappa shape index (κ1) is 15.0. The van der Waals surface area contributed by atoms with Gasteiger partial charge in [0.05, 0.1) is 16.6 Å². The van der Waals surface area contributed by atoms with Gasteiger partial charge in [0.2, 0.25) is 11.2 Å². The van der Waals surface area contributed by atoms with Gasteiger partial charge in [-0.1, -0.05) is 48.5 Å². The van der Waals surface area contributed by atoms with Crippen LogP contribution in [0.2, 0.25) is 5.28 Å². The highest BCUT2D eigenvalue weighted by molar-refractivity contribution is 6.29. The summed E-state index contributed by atoms with van der Waals surface area (Å²) in [6.45, 7) is 0. The standard InChI is InChI=1S/C21H12ClN3O/c22-21-23-15-11-12-16-19(24-20(26-16)14-9-5-2-6-10-14)17(15)18(25-21)13-7-3-1-4-8-13/h1-12H. The van der Waals surface area contributed by atoms with Crippen LogP contribution in [0.4, 0.5) is 0 Å². The Morgan fingerprint density at radius 3 is 2.12 bits per heavy atom. The van der Waals surface area contributed by atoms with E-state index in [1.165, 1.54) is 0 Å². The summed E-state index contributed by atoms with van der Waals surface area (Å²) >= 11 is 6.16. The fraction of sp³-hybridized carbons (Fsp3) is 0. The highest BCUT2D eigenvalue weighted by Gasteiger charge is 2.17. The summed E-state index contributed by atoms with van der Waals surface area (Å²) < 4.78 is 5.98. The quantitative estimate of drug-likeness (QED) is 0.377. The van der Waals surface area contributed by atoms with Crippen LogP contribution in [0.5, 0.6) is 0 Å². The van der Waals surface area contributed by atoms with Crippen molar-refractivity contribution in [2.45, 2.75) is 0 Å². The Hall–Kier alpha value is -3.24. The molecule has 3 aromatic carbocycles. The number of hydrogen-bond donors (Lipinski definition) is 0. The maximum Gasteiger partial charge on any atom is 0.227 e. The number of aromatic nitrogens is 3. The largest absolute Gasteiger partial charge is 0.436 e. The molecule has 0 aliphatic rings. The van der Waals surface area contributed by atoms with Gasteiger partial charge in [-0.15, -0.1) is 0 Å². The summed E-state index contributed by atoms with van der Waals surface area (Å²) in [7, 11) is 0. The minimum absolute atomic E-state index is 0.211. The predicted molar refractivity (Wildman–Crippen MR) is 103 cm³/mol. The van der Waals surface area contributed by atoms with Crippen molar-refractivity contribution in [1.29, 1.82) is 0 Å². The molecule has 0 aliphatic heterocycles. The SMILES string of the molecule is Clc1nc(-c2ccccc2)c2c(ccc3oc(-c4ccccc4)nc32)n1.